The first-order valence-corrected chi connectivity index (χ1v) is 6.39. The van der Waals surface area contributed by atoms with E-state index in [0.29, 0.717) is 5.76 Å². The molecule has 2 heterocycles. The molecule has 96 valence electrons. The fourth-order valence-electron chi connectivity index (χ4n) is 3.48. The summed E-state index contributed by atoms with van der Waals surface area (Å²) >= 11 is 0. The molecule has 1 saturated heterocycles. The standard InChI is InChI=1S/C14H12N2O3/c17-13-11-8-3-4-9(6-8)12(11)14(18)16(13)15-7-10-2-1-5-19-10/h1-5,7-9,11-12H,6H2/b15-7-/t8-,9-,11-,12-/m0/s1. The van der Waals surface area contributed by atoms with Gasteiger partial charge < -0.3 is 4.42 Å². The summed E-state index contributed by atoms with van der Waals surface area (Å²) in [5.74, 6) is 0.223. The lowest BCUT2D eigenvalue weighted by Crippen LogP contribution is -2.28. The van der Waals surface area contributed by atoms with Crippen LogP contribution in [-0.4, -0.2) is 23.0 Å². The molecule has 0 aromatic carbocycles. The Hall–Kier alpha value is -2.17. The zero-order valence-electron chi connectivity index (χ0n) is 10.1. The van der Waals surface area contributed by atoms with Crippen molar-refractivity contribution in [3.63, 3.8) is 0 Å². The quantitative estimate of drug-likeness (QED) is 0.456. The van der Waals surface area contributed by atoms with Crippen LogP contribution in [0.4, 0.5) is 0 Å². The second-order valence-electron chi connectivity index (χ2n) is 5.25. The van der Waals surface area contributed by atoms with Crippen LogP contribution >= 0.6 is 0 Å². The van der Waals surface area contributed by atoms with Gasteiger partial charge in [-0.15, -0.1) is 0 Å². The molecule has 0 radical (unpaired) electrons. The van der Waals surface area contributed by atoms with Gasteiger partial charge in [-0.3, -0.25) is 9.59 Å². The summed E-state index contributed by atoms with van der Waals surface area (Å²) in [6.45, 7) is 0. The minimum absolute atomic E-state index is 0.172. The molecule has 0 N–H and O–H groups in total. The maximum Gasteiger partial charge on any atom is 0.254 e. The molecule has 2 amide bonds. The Morgan fingerprint density at radius 3 is 2.47 bits per heavy atom. The van der Waals surface area contributed by atoms with Crippen LogP contribution in [0.2, 0.25) is 0 Å². The molecule has 0 spiro atoms. The first-order chi connectivity index (χ1) is 9.25. The third-order valence-electron chi connectivity index (χ3n) is 4.29. The first-order valence-electron chi connectivity index (χ1n) is 6.39. The topological polar surface area (TPSA) is 62.9 Å². The Labute approximate surface area is 109 Å². The van der Waals surface area contributed by atoms with Gasteiger partial charge in [-0.2, -0.15) is 10.1 Å². The maximum absolute atomic E-state index is 12.3. The predicted octanol–water partition coefficient (Wildman–Crippen LogP) is 1.42. The SMILES string of the molecule is O=C1[C@@H]2[C@@H](C(=O)N1/N=C\c1ccco1)[C@H]1C=C[C@H]2C1. The smallest absolute Gasteiger partial charge is 0.254 e. The summed E-state index contributed by atoms with van der Waals surface area (Å²) < 4.78 is 5.10. The van der Waals surface area contributed by atoms with Crippen molar-refractivity contribution in [3.05, 3.63) is 36.3 Å². The molecule has 5 nitrogen and oxygen atoms in total. The van der Waals surface area contributed by atoms with Crippen molar-refractivity contribution >= 4 is 18.0 Å². The van der Waals surface area contributed by atoms with Crippen molar-refractivity contribution in [1.82, 2.24) is 5.01 Å². The van der Waals surface area contributed by atoms with Gasteiger partial charge in [0.15, 0.2) is 0 Å². The molecule has 2 fully saturated rings. The number of hydrogen-bond donors (Lipinski definition) is 0. The number of hydrazone groups is 1. The Bertz CT molecular complexity index is 572. The van der Waals surface area contributed by atoms with Gasteiger partial charge in [-0.25, -0.2) is 0 Å². The van der Waals surface area contributed by atoms with Crippen molar-refractivity contribution < 1.29 is 14.0 Å². The number of hydrogen-bond acceptors (Lipinski definition) is 4. The van der Waals surface area contributed by atoms with Crippen LogP contribution in [0.3, 0.4) is 0 Å². The molecule has 1 aromatic heterocycles. The monoisotopic (exact) mass is 256 g/mol. The number of fused-ring (bicyclic) bond motifs is 5. The molecule has 4 atom stereocenters. The maximum atomic E-state index is 12.3. The zero-order chi connectivity index (χ0) is 13.0. The van der Waals surface area contributed by atoms with E-state index in [4.69, 9.17) is 4.42 Å². The van der Waals surface area contributed by atoms with Gasteiger partial charge >= 0.3 is 0 Å². The normalized spacial score (nSPS) is 35.9. The van der Waals surface area contributed by atoms with Crippen LogP contribution in [-0.2, 0) is 9.59 Å². The first kappa shape index (κ1) is 10.7. The average Bonchev–Trinajstić information content (AvgIpc) is 3.14. The van der Waals surface area contributed by atoms with Crippen molar-refractivity contribution in [1.29, 1.82) is 0 Å². The van der Waals surface area contributed by atoms with Crippen molar-refractivity contribution in [2.45, 2.75) is 6.42 Å². The highest BCUT2D eigenvalue weighted by Crippen LogP contribution is 2.52. The molecule has 3 aliphatic rings. The lowest BCUT2D eigenvalue weighted by molar-refractivity contribution is -0.140. The summed E-state index contributed by atoms with van der Waals surface area (Å²) in [6, 6.07) is 3.45. The second-order valence-corrected chi connectivity index (χ2v) is 5.25. The summed E-state index contributed by atoms with van der Waals surface area (Å²) in [6.07, 6.45) is 8.00. The van der Waals surface area contributed by atoms with Crippen LogP contribution in [0.5, 0.6) is 0 Å². The summed E-state index contributed by atoms with van der Waals surface area (Å²) in [4.78, 5) is 24.5. The largest absolute Gasteiger partial charge is 0.463 e. The number of rotatable bonds is 2. The highest BCUT2D eigenvalue weighted by atomic mass is 16.3. The summed E-state index contributed by atoms with van der Waals surface area (Å²) in [5, 5.41) is 5.01. The fourth-order valence-corrected chi connectivity index (χ4v) is 3.48. The molecule has 1 aromatic rings. The van der Waals surface area contributed by atoms with Gasteiger partial charge in [0.05, 0.1) is 24.3 Å². The van der Waals surface area contributed by atoms with Crippen molar-refractivity contribution in [2.24, 2.45) is 28.8 Å². The number of furan rings is 1. The number of nitrogens with zero attached hydrogens (tertiary/aromatic N) is 2. The lowest BCUT2D eigenvalue weighted by atomic mass is 9.85. The Morgan fingerprint density at radius 2 is 1.89 bits per heavy atom. The molecule has 1 saturated carbocycles. The lowest BCUT2D eigenvalue weighted by Gasteiger charge is -2.13. The van der Waals surface area contributed by atoms with E-state index in [1.54, 1.807) is 12.1 Å². The van der Waals surface area contributed by atoms with Crippen LogP contribution < -0.4 is 0 Å². The molecule has 2 bridgehead atoms. The van der Waals surface area contributed by atoms with Crippen molar-refractivity contribution in [2.75, 3.05) is 0 Å². The molecular formula is C14H12N2O3. The van der Waals surface area contributed by atoms with Crippen LogP contribution in [0, 0.1) is 23.7 Å². The average molecular weight is 256 g/mol. The van der Waals surface area contributed by atoms with E-state index in [1.165, 1.54) is 12.5 Å². The van der Waals surface area contributed by atoms with Gasteiger partial charge in [0.2, 0.25) is 0 Å². The van der Waals surface area contributed by atoms with Gasteiger partial charge in [-0.05, 0) is 30.4 Å². The van der Waals surface area contributed by atoms with E-state index in [-0.39, 0.29) is 35.5 Å². The van der Waals surface area contributed by atoms with E-state index >= 15 is 0 Å². The number of amides is 2. The molecule has 2 aliphatic carbocycles. The number of carbonyl (C=O) groups excluding carboxylic acids is 2. The van der Waals surface area contributed by atoms with E-state index in [2.05, 4.69) is 17.3 Å². The minimum atomic E-state index is -0.198. The van der Waals surface area contributed by atoms with Crippen LogP contribution in [0.25, 0.3) is 0 Å². The van der Waals surface area contributed by atoms with Gasteiger partial charge in [-0.1, -0.05) is 12.2 Å². The second kappa shape index (κ2) is 3.66. The highest BCUT2D eigenvalue weighted by Gasteiger charge is 2.59. The molecular weight excluding hydrogens is 244 g/mol. The third kappa shape index (κ3) is 1.38. The fraction of sp³-hybridized carbons (Fsp3) is 0.357. The van der Waals surface area contributed by atoms with E-state index < -0.39 is 0 Å². The molecule has 19 heavy (non-hydrogen) atoms. The van der Waals surface area contributed by atoms with E-state index in [0.717, 1.165) is 11.4 Å². The highest BCUT2D eigenvalue weighted by molar-refractivity contribution is 6.06. The van der Waals surface area contributed by atoms with Gasteiger partial charge in [0.25, 0.3) is 11.8 Å². The molecule has 5 heteroatoms. The van der Waals surface area contributed by atoms with Crippen LogP contribution in [0.15, 0.2) is 40.1 Å². The molecule has 1 aliphatic heterocycles. The van der Waals surface area contributed by atoms with Crippen molar-refractivity contribution in [3.8, 4) is 0 Å². The molecule has 4 rings (SSSR count). The Balaban J connectivity index is 1.62. The number of imide groups is 1. The molecule has 0 unspecified atom stereocenters. The van der Waals surface area contributed by atoms with E-state index in [9.17, 15) is 9.59 Å². The Kier molecular flexibility index (Phi) is 2.07. The predicted molar refractivity (Wildman–Crippen MR) is 65.9 cm³/mol. The number of allylic oxidation sites excluding steroid dienone is 2. The summed E-state index contributed by atoms with van der Waals surface area (Å²) in [7, 11) is 0. The zero-order valence-corrected chi connectivity index (χ0v) is 10.1. The minimum Gasteiger partial charge on any atom is -0.463 e. The van der Waals surface area contributed by atoms with Crippen LogP contribution in [0.1, 0.15) is 12.2 Å². The van der Waals surface area contributed by atoms with E-state index in [1.807, 2.05) is 0 Å². The van der Waals surface area contributed by atoms with Gasteiger partial charge in [0, 0.05) is 0 Å². The Morgan fingerprint density at radius 1 is 1.21 bits per heavy atom. The summed E-state index contributed by atoms with van der Waals surface area (Å²) in [5.41, 5.74) is 0. The van der Waals surface area contributed by atoms with Gasteiger partial charge in [0.1, 0.15) is 5.76 Å². The third-order valence-corrected chi connectivity index (χ3v) is 4.29. The number of carbonyl (C=O) groups is 2.